The fourth-order valence-corrected chi connectivity index (χ4v) is 4.12. The van der Waals surface area contributed by atoms with Gasteiger partial charge in [0.15, 0.2) is 5.11 Å². The standard InChI is InChI=1S/C26H34N2O2S/c1-26(2,3)21-11-9-20(10-12-21)24(29)28-25(31)27-22-13-15-23(16-14-22)30-18-17-19-7-5-4-6-8-19/h9-16,19H,4-8,17-18H2,1-3H3,(H2,27,28,29,31). The zero-order valence-electron chi connectivity index (χ0n) is 18.9. The fourth-order valence-electron chi connectivity index (χ4n) is 3.91. The maximum Gasteiger partial charge on any atom is 0.257 e. The van der Waals surface area contributed by atoms with E-state index in [1.165, 1.54) is 37.7 Å². The molecule has 0 atom stereocenters. The van der Waals surface area contributed by atoms with Gasteiger partial charge in [-0.05, 0) is 71.9 Å². The first-order valence-corrected chi connectivity index (χ1v) is 11.7. The summed E-state index contributed by atoms with van der Waals surface area (Å²) in [7, 11) is 0. The van der Waals surface area contributed by atoms with Crippen molar-refractivity contribution in [2.75, 3.05) is 11.9 Å². The van der Waals surface area contributed by atoms with Gasteiger partial charge in [0.05, 0.1) is 6.61 Å². The lowest BCUT2D eigenvalue weighted by Gasteiger charge is -2.21. The van der Waals surface area contributed by atoms with E-state index in [2.05, 4.69) is 31.4 Å². The highest BCUT2D eigenvalue weighted by atomic mass is 32.1. The minimum atomic E-state index is -0.222. The number of hydrogen-bond acceptors (Lipinski definition) is 3. The molecule has 31 heavy (non-hydrogen) atoms. The largest absolute Gasteiger partial charge is 0.494 e. The van der Waals surface area contributed by atoms with E-state index in [1.54, 1.807) is 0 Å². The molecule has 0 heterocycles. The molecule has 2 aromatic carbocycles. The maximum absolute atomic E-state index is 12.5. The molecule has 0 bridgehead atoms. The van der Waals surface area contributed by atoms with E-state index in [4.69, 9.17) is 17.0 Å². The molecule has 1 saturated carbocycles. The number of carbonyl (C=O) groups excluding carboxylic acids is 1. The molecule has 1 aliphatic carbocycles. The Labute approximate surface area is 191 Å². The summed E-state index contributed by atoms with van der Waals surface area (Å²) in [5.74, 6) is 1.45. The monoisotopic (exact) mass is 438 g/mol. The Kier molecular flexibility index (Phi) is 8.08. The highest BCUT2D eigenvalue weighted by Gasteiger charge is 2.15. The molecule has 0 radical (unpaired) electrons. The van der Waals surface area contributed by atoms with Gasteiger partial charge in [-0.2, -0.15) is 0 Å². The van der Waals surface area contributed by atoms with Gasteiger partial charge >= 0.3 is 0 Å². The van der Waals surface area contributed by atoms with Crippen LogP contribution in [0.2, 0.25) is 0 Å². The van der Waals surface area contributed by atoms with Crippen LogP contribution >= 0.6 is 12.2 Å². The molecule has 166 valence electrons. The summed E-state index contributed by atoms with van der Waals surface area (Å²) >= 11 is 5.30. The molecule has 1 fully saturated rings. The van der Waals surface area contributed by atoms with Crippen molar-refractivity contribution in [2.24, 2.45) is 5.92 Å². The predicted octanol–water partition coefficient (Wildman–Crippen LogP) is 6.46. The lowest BCUT2D eigenvalue weighted by molar-refractivity contribution is 0.0977. The van der Waals surface area contributed by atoms with Crippen LogP contribution in [0.4, 0.5) is 5.69 Å². The third kappa shape index (κ3) is 7.35. The number of benzene rings is 2. The molecule has 1 amide bonds. The van der Waals surface area contributed by atoms with Crippen LogP contribution in [-0.4, -0.2) is 17.6 Å². The third-order valence-electron chi connectivity index (χ3n) is 5.87. The second kappa shape index (κ2) is 10.8. The molecule has 3 rings (SSSR count). The second-order valence-electron chi connectivity index (χ2n) is 9.40. The fraction of sp³-hybridized carbons (Fsp3) is 0.462. The van der Waals surface area contributed by atoms with E-state index in [-0.39, 0.29) is 16.4 Å². The normalized spacial score (nSPS) is 14.7. The van der Waals surface area contributed by atoms with E-state index >= 15 is 0 Å². The summed E-state index contributed by atoms with van der Waals surface area (Å²) in [6, 6.07) is 15.3. The number of anilines is 1. The molecule has 0 aliphatic heterocycles. The quantitative estimate of drug-likeness (QED) is 0.508. The summed E-state index contributed by atoms with van der Waals surface area (Å²) in [6.07, 6.45) is 7.93. The number of nitrogens with one attached hydrogen (secondary N) is 2. The van der Waals surface area contributed by atoms with Crippen LogP contribution < -0.4 is 15.4 Å². The van der Waals surface area contributed by atoms with Gasteiger partial charge in [-0.25, -0.2) is 0 Å². The van der Waals surface area contributed by atoms with Gasteiger partial charge in [-0.3, -0.25) is 10.1 Å². The van der Waals surface area contributed by atoms with Crippen molar-refractivity contribution in [1.82, 2.24) is 5.32 Å². The molecule has 5 heteroatoms. The summed E-state index contributed by atoms with van der Waals surface area (Å²) in [4.78, 5) is 12.5. The lowest BCUT2D eigenvalue weighted by atomic mass is 9.87. The molecule has 1 aliphatic rings. The van der Waals surface area contributed by atoms with Gasteiger partial charge in [-0.15, -0.1) is 0 Å². The number of hydrogen-bond donors (Lipinski definition) is 2. The minimum absolute atomic E-state index is 0.0532. The van der Waals surface area contributed by atoms with Crippen molar-refractivity contribution in [1.29, 1.82) is 0 Å². The van der Waals surface area contributed by atoms with E-state index < -0.39 is 0 Å². The first kappa shape index (κ1) is 23.3. The maximum atomic E-state index is 12.5. The van der Waals surface area contributed by atoms with Gasteiger partial charge in [0.2, 0.25) is 0 Å². The Balaban J connectivity index is 1.44. The van der Waals surface area contributed by atoms with Crippen molar-refractivity contribution in [3.8, 4) is 5.75 Å². The Morgan fingerprint density at radius 1 is 1.00 bits per heavy atom. The summed E-state index contributed by atoms with van der Waals surface area (Å²) in [5.41, 5.74) is 2.63. The van der Waals surface area contributed by atoms with Gasteiger partial charge in [0.25, 0.3) is 5.91 Å². The third-order valence-corrected chi connectivity index (χ3v) is 6.08. The zero-order valence-corrected chi connectivity index (χ0v) is 19.7. The predicted molar refractivity (Wildman–Crippen MR) is 132 cm³/mol. The molecule has 2 N–H and O–H groups in total. The van der Waals surface area contributed by atoms with Crippen molar-refractivity contribution >= 4 is 28.9 Å². The van der Waals surface area contributed by atoms with Crippen molar-refractivity contribution in [2.45, 2.75) is 64.7 Å². The van der Waals surface area contributed by atoms with E-state index in [0.717, 1.165) is 30.4 Å². The van der Waals surface area contributed by atoms with E-state index in [0.29, 0.717) is 5.56 Å². The van der Waals surface area contributed by atoms with Gasteiger partial charge in [-0.1, -0.05) is 65.0 Å². The molecule has 4 nitrogen and oxygen atoms in total. The number of rotatable bonds is 6. The molecule has 0 unspecified atom stereocenters. The number of ether oxygens (including phenoxy) is 1. The lowest BCUT2D eigenvalue weighted by Crippen LogP contribution is -2.34. The highest BCUT2D eigenvalue weighted by Crippen LogP contribution is 2.26. The van der Waals surface area contributed by atoms with Crippen molar-refractivity contribution < 1.29 is 9.53 Å². The molecular weight excluding hydrogens is 404 g/mol. The minimum Gasteiger partial charge on any atom is -0.494 e. The van der Waals surface area contributed by atoms with E-state index in [9.17, 15) is 4.79 Å². The van der Waals surface area contributed by atoms with Crippen molar-refractivity contribution in [3.63, 3.8) is 0 Å². The number of carbonyl (C=O) groups is 1. The Morgan fingerprint density at radius 3 is 2.26 bits per heavy atom. The van der Waals surface area contributed by atoms with Gasteiger partial charge < -0.3 is 10.1 Å². The SMILES string of the molecule is CC(C)(C)c1ccc(C(=O)NC(=S)Nc2ccc(OCCC3CCCCC3)cc2)cc1. The Hall–Kier alpha value is -2.40. The van der Waals surface area contributed by atoms with Crippen LogP contribution in [0.15, 0.2) is 48.5 Å². The molecule has 0 aromatic heterocycles. The first-order valence-electron chi connectivity index (χ1n) is 11.3. The number of amides is 1. The molecule has 0 spiro atoms. The topological polar surface area (TPSA) is 50.4 Å². The van der Waals surface area contributed by atoms with Crippen LogP contribution in [0, 0.1) is 5.92 Å². The molecule has 2 aromatic rings. The van der Waals surface area contributed by atoms with Gasteiger partial charge in [0.1, 0.15) is 5.75 Å². The van der Waals surface area contributed by atoms with Crippen LogP contribution in [0.1, 0.15) is 75.2 Å². The second-order valence-corrected chi connectivity index (χ2v) is 9.81. The van der Waals surface area contributed by atoms with Gasteiger partial charge in [0, 0.05) is 11.3 Å². The van der Waals surface area contributed by atoms with Crippen LogP contribution in [0.3, 0.4) is 0 Å². The zero-order chi connectivity index (χ0) is 22.3. The molecule has 0 saturated heterocycles. The van der Waals surface area contributed by atoms with Crippen LogP contribution in [0.5, 0.6) is 5.75 Å². The molecular formula is C26H34N2O2S. The average Bonchev–Trinajstić information content (AvgIpc) is 2.75. The highest BCUT2D eigenvalue weighted by molar-refractivity contribution is 7.80. The summed E-state index contributed by atoms with van der Waals surface area (Å²) < 4.78 is 5.89. The Morgan fingerprint density at radius 2 is 1.65 bits per heavy atom. The summed E-state index contributed by atoms with van der Waals surface area (Å²) in [5, 5.41) is 6.07. The van der Waals surface area contributed by atoms with Crippen molar-refractivity contribution in [3.05, 3.63) is 59.7 Å². The Bertz CT molecular complexity index is 864. The first-order chi connectivity index (χ1) is 14.8. The average molecular weight is 439 g/mol. The van der Waals surface area contributed by atoms with Crippen LogP contribution in [0.25, 0.3) is 0 Å². The van der Waals surface area contributed by atoms with E-state index in [1.807, 2.05) is 48.5 Å². The number of thiocarbonyl (C=S) groups is 1. The van der Waals surface area contributed by atoms with Crippen LogP contribution in [-0.2, 0) is 5.41 Å². The summed E-state index contributed by atoms with van der Waals surface area (Å²) in [6.45, 7) is 7.20. The smallest absolute Gasteiger partial charge is 0.257 e.